The van der Waals surface area contributed by atoms with Crippen molar-refractivity contribution in [2.75, 3.05) is 0 Å². The number of fused-ring (bicyclic) bond motifs is 1. The summed E-state index contributed by atoms with van der Waals surface area (Å²) in [5.74, 6) is 0. The van der Waals surface area contributed by atoms with E-state index in [4.69, 9.17) is 14.2 Å². The van der Waals surface area contributed by atoms with Gasteiger partial charge >= 0.3 is 0 Å². The Bertz CT molecular complexity index is 596. The highest BCUT2D eigenvalue weighted by molar-refractivity contribution is 5.29. The molecule has 3 heterocycles. The Morgan fingerprint density at radius 2 is 1.92 bits per heavy atom. The lowest BCUT2D eigenvalue weighted by molar-refractivity contribution is -0.154. The number of ether oxygens (including phenoxy) is 3. The number of aliphatic hydroxyl groups is 1. The van der Waals surface area contributed by atoms with Crippen LogP contribution in [0.4, 0.5) is 0 Å². The number of hydrogen-bond acceptors (Lipinski definition) is 4. The molecule has 3 fully saturated rings. The highest BCUT2D eigenvalue weighted by Crippen LogP contribution is 2.62. The minimum absolute atomic E-state index is 0.0701. The first-order chi connectivity index (χ1) is 11.3. The second kappa shape index (κ2) is 5.41. The smallest absolute Gasteiger partial charge is 0.187 e. The summed E-state index contributed by atoms with van der Waals surface area (Å²) in [5, 5.41) is 10.3. The number of rotatable bonds is 0. The van der Waals surface area contributed by atoms with E-state index in [1.54, 1.807) is 0 Å². The van der Waals surface area contributed by atoms with Gasteiger partial charge in [0.25, 0.3) is 0 Å². The predicted molar refractivity (Wildman–Crippen MR) is 91.6 cm³/mol. The van der Waals surface area contributed by atoms with Crippen molar-refractivity contribution < 1.29 is 19.3 Å². The van der Waals surface area contributed by atoms with E-state index in [0.717, 1.165) is 38.5 Å². The number of aliphatic hydroxyl groups excluding tert-OH is 1. The van der Waals surface area contributed by atoms with Gasteiger partial charge in [0.2, 0.25) is 0 Å². The highest BCUT2D eigenvalue weighted by Gasteiger charge is 2.79. The van der Waals surface area contributed by atoms with E-state index in [0.29, 0.717) is 6.10 Å². The molecule has 0 bridgehead atoms. The first-order valence-corrected chi connectivity index (χ1v) is 9.34. The Labute approximate surface area is 144 Å². The van der Waals surface area contributed by atoms with Crippen LogP contribution in [0.3, 0.4) is 0 Å². The van der Waals surface area contributed by atoms with Crippen molar-refractivity contribution in [2.24, 2.45) is 0 Å². The molecular formula is C20H30O4. The summed E-state index contributed by atoms with van der Waals surface area (Å²) in [6.45, 7) is 8.56. The van der Waals surface area contributed by atoms with Crippen LogP contribution in [0.5, 0.6) is 0 Å². The van der Waals surface area contributed by atoms with Gasteiger partial charge in [-0.3, -0.25) is 0 Å². The number of epoxide rings is 2. The molecule has 4 rings (SSSR count). The highest BCUT2D eigenvalue weighted by atomic mass is 16.7. The fraction of sp³-hybridized carbons (Fsp3) is 0.800. The van der Waals surface area contributed by atoms with Crippen molar-refractivity contribution in [3.05, 3.63) is 23.3 Å². The lowest BCUT2D eigenvalue weighted by Gasteiger charge is -2.19. The predicted octanol–water partition coefficient (Wildman–Crippen LogP) is 3.64. The molecule has 0 radical (unpaired) electrons. The van der Waals surface area contributed by atoms with Crippen molar-refractivity contribution in [3.8, 4) is 0 Å². The molecule has 134 valence electrons. The van der Waals surface area contributed by atoms with Gasteiger partial charge in [0.15, 0.2) is 6.29 Å². The molecule has 0 amide bonds. The number of allylic oxidation sites excluding steroid dienone is 3. The molecule has 6 atom stereocenters. The van der Waals surface area contributed by atoms with E-state index in [1.165, 1.54) is 11.1 Å². The maximum atomic E-state index is 10.3. The zero-order valence-corrected chi connectivity index (χ0v) is 15.3. The molecule has 0 saturated carbocycles. The van der Waals surface area contributed by atoms with E-state index in [-0.39, 0.29) is 17.3 Å². The maximum Gasteiger partial charge on any atom is 0.187 e. The fourth-order valence-corrected chi connectivity index (χ4v) is 4.61. The lowest BCUT2D eigenvalue weighted by Crippen LogP contribution is -2.30. The summed E-state index contributed by atoms with van der Waals surface area (Å²) < 4.78 is 17.9. The zero-order chi connectivity index (χ0) is 17.2. The Morgan fingerprint density at radius 1 is 1.12 bits per heavy atom. The van der Waals surface area contributed by atoms with Crippen LogP contribution in [-0.2, 0) is 14.2 Å². The van der Waals surface area contributed by atoms with Crippen molar-refractivity contribution in [3.63, 3.8) is 0 Å². The molecule has 24 heavy (non-hydrogen) atoms. The molecule has 1 aliphatic carbocycles. The van der Waals surface area contributed by atoms with Crippen molar-refractivity contribution >= 4 is 0 Å². The van der Waals surface area contributed by atoms with Crippen molar-refractivity contribution in [1.82, 2.24) is 0 Å². The van der Waals surface area contributed by atoms with Gasteiger partial charge in [-0.1, -0.05) is 23.3 Å². The Balaban J connectivity index is 1.57. The summed E-state index contributed by atoms with van der Waals surface area (Å²) in [5.41, 5.74) is 1.84. The molecule has 0 aromatic rings. The van der Waals surface area contributed by atoms with Gasteiger partial charge in [0.05, 0.1) is 11.7 Å². The average Bonchev–Trinajstić information content (AvgIpc) is 3.34. The van der Waals surface area contributed by atoms with Crippen LogP contribution < -0.4 is 0 Å². The van der Waals surface area contributed by atoms with Gasteiger partial charge < -0.3 is 19.3 Å². The third-order valence-electron chi connectivity index (χ3n) is 6.70. The van der Waals surface area contributed by atoms with Crippen LogP contribution in [0.1, 0.15) is 66.2 Å². The molecule has 4 heteroatoms. The fourth-order valence-electron chi connectivity index (χ4n) is 4.61. The van der Waals surface area contributed by atoms with Crippen LogP contribution in [0, 0.1) is 0 Å². The Kier molecular flexibility index (Phi) is 3.78. The van der Waals surface area contributed by atoms with Crippen LogP contribution >= 0.6 is 0 Å². The molecule has 0 aromatic carbocycles. The maximum absolute atomic E-state index is 10.3. The normalized spacial score (nSPS) is 55.8. The van der Waals surface area contributed by atoms with Crippen LogP contribution in [-0.4, -0.2) is 40.4 Å². The summed E-state index contributed by atoms with van der Waals surface area (Å²) in [6, 6.07) is 0. The van der Waals surface area contributed by atoms with Gasteiger partial charge in [0, 0.05) is 0 Å². The van der Waals surface area contributed by atoms with Crippen LogP contribution in [0.15, 0.2) is 23.3 Å². The third kappa shape index (κ3) is 2.50. The molecular weight excluding hydrogens is 304 g/mol. The van der Waals surface area contributed by atoms with E-state index < -0.39 is 11.9 Å². The second-order valence-corrected chi connectivity index (χ2v) is 8.57. The Hall–Kier alpha value is -0.680. The Morgan fingerprint density at radius 3 is 2.67 bits per heavy atom. The van der Waals surface area contributed by atoms with Gasteiger partial charge in [0.1, 0.15) is 17.3 Å². The summed E-state index contributed by atoms with van der Waals surface area (Å²) in [6.07, 6.45) is 10.0. The topological polar surface area (TPSA) is 54.5 Å². The summed E-state index contributed by atoms with van der Waals surface area (Å²) in [4.78, 5) is 0. The minimum Gasteiger partial charge on any atom is -0.366 e. The lowest BCUT2D eigenvalue weighted by atomic mass is 9.84. The summed E-state index contributed by atoms with van der Waals surface area (Å²) in [7, 11) is 0. The molecule has 4 aliphatic rings. The monoisotopic (exact) mass is 334 g/mol. The van der Waals surface area contributed by atoms with Crippen LogP contribution in [0.2, 0.25) is 0 Å². The van der Waals surface area contributed by atoms with E-state index in [2.05, 4.69) is 32.9 Å². The first-order valence-electron chi connectivity index (χ1n) is 9.34. The number of hydrogen-bond donors (Lipinski definition) is 1. The van der Waals surface area contributed by atoms with Gasteiger partial charge in [-0.25, -0.2) is 0 Å². The molecule has 0 aromatic heterocycles. The SMILES string of the molecule is C/C1=C\[C@@H]2O[C@@H](O)[C@@]3(C)O[C@@]23CC/C(C)=C/CC[C@@]2(C)O[C@H]2CC1. The first kappa shape index (κ1) is 16.8. The largest absolute Gasteiger partial charge is 0.366 e. The molecule has 4 nitrogen and oxygen atoms in total. The average molecular weight is 334 g/mol. The van der Waals surface area contributed by atoms with Gasteiger partial charge in [-0.15, -0.1) is 0 Å². The minimum atomic E-state index is -0.832. The molecule has 3 aliphatic heterocycles. The third-order valence-corrected chi connectivity index (χ3v) is 6.70. The van der Waals surface area contributed by atoms with Crippen molar-refractivity contribution in [2.45, 2.75) is 102 Å². The standard InChI is InChI=1S/C20H30O4/c1-13-6-5-10-18(3)15(23-18)8-7-14(2)12-16-20(11-9-13)19(4,24-20)17(21)22-16/h6,12,15-17,21H,5,7-11H2,1-4H3/b13-6+,14-12+/t15-,16-,17+,18+,19+,20-/m0/s1. The zero-order valence-electron chi connectivity index (χ0n) is 15.3. The van der Waals surface area contributed by atoms with E-state index in [1.807, 2.05) is 6.92 Å². The van der Waals surface area contributed by atoms with E-state index >= 15 is 0 Å². The molecule has 3 saturated heterocycles. The molecule has 1 spiro atoms. The molecule has 1 N–H and O–H groups in total. The summed E-state index contributed by atoms with van der Waals surface area (Å²) >= 11 is 0. The quantitative estimate of drug-likeness (QED) is 0.543. The van der Waals surface area contributed by atoms with Gasteiger partial charge in [-0.05, 0) is 66.2 Å². The molecule has 0 unspecified atom stereocenters. The second-order valence-electron chi connectivity index (χ2n) is 8.57. The van der Waals surface area contributed by atoms with Gasteiger partial charge in [-0.2, -0.15) is 0 Å². The van der Waals surface area contributed by atoms with Crippen LogP contribution in [0.25, 0.3) is 0 Å². The van der Waals surface area contributed by atoms with Crippen molar-refractivity contribution in [1.29, 1.82) is 0 Å². The van der Waals surface area contributed by atoms with E-state index in [9.17, 15) is 5.11 Å².